The third-order valence-electron chi connectivity index (χ3n) is 4.39. The van der Waals surface area contributed by atoms with Crippen LogP contribution in [-0.4, -0.2) is 15.9 Å². The molecule has 0 radical (unpaired) electrons. The molecule has 0 fully saturated rings. The lowest BCUT2D eigenvalue weighted by Crippen LogP contribution is -2.11. The fourth-order valence-corrected chi connectivity index (χ4v) is 2.88. The summed E-state index contributed by atoms with van der Waals surface area (Å²) < 4.78 is 0. The van der Waals surface area contributed by atoms with E-state index in [-0.39, 0.29) is 5.91 Å². The van der Waals surface area contributed by atoms with Gasteiger partial charge in [0, 0.05) is 28.7 Å². The quantitative estimate of drug-likeness (QED) is 0.483. The molecule has 1 amide bonds. The van der Waals surface area contributed by atoms with Crippen LogP contribution < -0.4 is 10.6 Å². The molecule has 142 valence electrons. The minimum absolute atomic E-state index is 0.164. The zero-order valence-corrected chi connectivity index (χ0v) is 16.0. The van der Waals surface area contributed by atoms with Gasteiger partial charge in [-0.25, -0.2) is 9.97 Å². The zero-order valence-electron chi connectivity index (χ0n) is 16.0. The molecule has 0 aliphatic carbocycles. The van der Waals surface area contributed by atoms with Crippen LogP contribution in [0.4, 0.5) is 17.2 Å². The highest BCUT2D eigenvalue weighted by atomic mass is 16.1. The summed E-state index contributed by atoms with van der Waals surface area (Å²) in [7, 11) is 0. The molecule has 0 aliphatic rings. The van der Waals surface area contributed by atoms with Crippen LogP contribution in [0, 0.1) is 6.92 Å². The Balaban J connectivity index is 1.51. The third kappa shape index (κ3) is 4.65. The maximum Gasteiger partial charge on any atom is 0.255 e. The molecule has 29 heavy (non-hydrogen) atoms. The summed E-state index contributed by atoms with van der Waals surface area (Å²) in [5.74, 6) is 1.15. The van der Waals surface area contributed by atoms with Gasteiger partial charge in [0.15, 0.2) is 5.82 Å². The van der Waals surface area contributed by atoms with Crippen molar-refractivity contribution in [2.75, 3.05) is 10.6 Å². The van der Waals surface area contributed by atoms with Crippen molar-refractivity contribution in [2.24, 2.45) is 0 Å². The van der Waals surface area contributed by atoms with Crippen LogP contribution in [0.1, 0.15) is 15.9 Å². The standard InChI is InChI=1S/C24H20N4O/c1-17-10-12-18(13-11-17)23-25-15-14-22(28-23)26-21-9-5-6-19(16-21)24(29)27-20-7-3-2-4-8-20/h2-16H,1H3,(H,27,29)(H,25,26,28). The Labute approximate surface area is 169 Å². The molecular weight excluding hydrogens is 360 g/mol. The van der Waals surface area contributed by atoms with E-state index in [4.69, 9.17) is 0 Å². The Morgan fingerprint density at radius 2 is 1.59 bits per heavy atom. The molecule has 0 atom stereocenters. The van der Waals surface area contributed by atoms with Gasteiger partial charge in [0.05, 0.1) is 0 Å². The summed E-state index contributed by atoms with van der Waals surface area (Å²) in [6.07, 6.45) is 1.72. The summed E-state index contributed by atoms with van der Waals surface area (Å²) in [6.45, 7) is 2.05. The van der Waals surface area contributed by atoms with Crippen molar-refractivity contribution in [3.05, 3.63) is 102 Å². The van der Waals surface area contributed by atoms with Crippen LogP contribution in [0.25, 0.3) is 11.4 Å². The number of hydrogen-bond acceptors (Lipinski definition) is 4. The highest BCUT2D eigenvalue weighted by molar-refractivity contribution is 6.04. The Morgan fingerprint density at radius 1 is 0.828 bits per heavy atom. The normalized spacial score (nSPS) is 10.4. The van der Waals surface area contributed by atoms with Crippen molar-refractivity contribution < 1.29 is 4.79 Å². The predicted octanol–water partition coefficient (Wildman–Crippen LogP) is 5.45. The number of nitrogens with zero attached hydrogens (tertiary/aromatic N) is 2. The van der Waals surface area contributed by atoms with Crippen LogP contribution in [0.2, 0.25) is 0 Å². The zero-order chi connectivity index (χ0) is 20.1. The molecule has 5 heteroatoms. The average molecular weight is 380 g/mol. The lowest BCUT2D eigenvalue weighted by molar-refractivity contribution is 0.102. The van der Waals surface area contributed by atoms with E-state index in [1.807, 2.05) is 73.7 Å². The Kier molecular flexibility index (Phi) is 5.29. The predicted molar refractivity (Wildman–Crippen MR) is 116 cm³/mol. The molecule has 0 bridgehead atoms. The fraction of sp³-hybridized carbons (Fsp3) is 0.0417. The first-order valence-electron chi connectivity index (χ1n) is 9.31. The van der Waals surface area contributed by atoms with Gasteiger partial charge in [0.2, 0.25) is 0 Å². The molecule has 2 N–H and O–H groups in total. The monoisotopic (exact) mass is 380 g/mol. The number of nitrogens with one attached hydrogen (secondary N) is 2. The summed E-state index contributed by atoms with van der Waals surface area (Å²) in [5, 5.41) is 6.15. The SMILES string of the molecule is Cc1ccc(-c2nccc(Nc3cccc(C(=O)Nc4ccccc4)c3)n2)cc1. The molecule has 5 nitrogen and oxygen atoms in total. The van der Waals surface area contributed by atoms with E-state index in [9.17, 15) is 4.79 Å². The van der Waals surface area contributed by atoms with E-state index in [1.165, 1.54) is 5.56 Å². The number of aryl methyl sites for hydroxylation is 1. The maximum atomic E-state index is 12.5. The van der Waals surface area contributed by atoms with Crippen LogP contribution in [-0.2, 0) is 0 Å². The summed E-state index contributed by atoms with van der Waals surface area (Å²) in [6, 6.07) is 26.6. The topological polar surface area (TPSA) is 66.9 Å². The molecule has 0 aliphatic heterocycles. The summed E-state index contributed by atoms with van der Waals surface area (Å²) in [4.78, 5) is 21.5. The number of amides is 1. The minimum atomic E-state index is -0.164. The van der Waals surface area contributed by atoms with Crippen molar-refractivity contribution in [3.8, 4) is 11.4 Å². The van der Waals surface area contributed by atoms with Gasteiger partial charge in [-0.2, -0.15) is 0 Å². The lowest BCUT2D eigenvalue weighted by atomic mass is 10.1. The van der Waals surface area contributed by atoms with Crippen LogP contribution in [0.15, 0.2) is 91.1 Å². The minimum Gasteiger partial charge on any atom is -0.340 e. The molecule has 1 heterocycles. The van der Waals surface area contributed by atoms with Crippen molar-refractivity contribution >= 4 is 23.1 Å². The highest BCUT2D eigenvalue weighted by Crippen LogP contribution is 2.20. The molecule has 4 rings (SSSR count). The van der Waals surface area contributed by atoms with E-state index in [2.05, 4.69) is 20.6 Å². The van der Waals surface area contributed by atoms with E-state index in [0.717, 1.165) is 16.9 Å². The fourth-order valence-electron chi connectivity index (χ4n) is 2.88. The van der Waals surface area contributed by atoms with Gasteiger partial charge in [-0.1, -0.05) is 54.1 Å². The Hall–Kier alpha value is -3.99. The number of hydrogen-bond donors (Lipinski definition) is 2. The number of carbonyl (C=O) groups excluding carboxylic acids is 1. The number of rotatable bonds is 5. The van der Waals surface area contributed by atoms with Crippen molar-refractivity contribution in [3.63, 3.8) is 0 Å². The summed E-state index contributed by atoms with van der Waals surface area (Å²) in [5.41, 5.74) is 4.24. The average Bonchev–Trinajstić information content (AvgIpc) is 2.75. The first-order valence-corrected chi connectivity index (χ1v) is 9.31. The number of carbonyl (C=O) groups is 1. The summed E-state index contributed by atoms with van der Waals surface area (Å²) >= 11 is 0. The number of benzene rings is 3. The smallest absolute Gasteiger partial charge is 0.255 e. The number of aromatic nitrogens is 2. The van der Waals surface area contributed by atoms with Gasteiger partial charge in [-0.15, -0.1) is 0 Å². The van der Waals surface area contributed by atoms with E-state index in [0.29, 0.717) is 17.2 Å². The maximum absolute atomic E-state index is 12.5. The molecular formula is C24H20N4O. The van der Waals surface area contributed by atoms with E-state index < -0.39 is 0 Å². The van der Waals surface area contributed by atoms with Crippen molar-refractivity contribution in [2.45, 2.75) is 6.92 Å². The molecule has 1 aromatic heterocycles. The van der Waals surface area contributed by atoms with E-state index >= 15 is 0 Å². The van der Waals surface area contributed by atoms with Gasteiger partial charge >= 0.3 is 0 Å². The van der Waals surface area contributed by atoms with Crippen molar-refractivity contribution in [1.82, 2.24) is 9.97 Å². The molecule has 0 saturated heterocycles. The number of para-hydroxylation sites is 1. The second-order valence-corrected chi connectivity index (χ2v) is 6.66. The number of anilines is 3. The first-order chi connectivity index (χ1) is 14.2. The second-order valence-electron chi connectivity index (χ2n) is 6.66. The lowest BCUT2D eigenvalue weighted by Gasteiger charge is -2.09. The van der Waals surface area contributed by atoms with Gasteiger partial charge < -0.3 is 10.6 Å². The molecule has 4 aromatic rings. The first kappa shape index (κ1) is 18.4. The Bertz CT molecular complexity index is 1120. The molecule has 0 spiro atoms. The van der Waals surface area contributed by atoms with Crippen LogP contribution in [0.3, 0.4) is 0 Å². The van der Waals surface area contributed by atoms with Crippen LogP contribution >= 0.6 is 0 Å². The van der Waals surface area contributed by atoms with E-state index in [1.54, 1.807) is 24.4 Å². The van der Waals surface area contributed by atoms with Gasteiger partial charge in [0.25, 0.3) is 5.91 Å². The van der Waals surface area contributed by atoms with Gasteiger partial charge in [-0.3, -0.25) is 4.79 Å². The molecule has 0 saturated carbocycles. The highest BCUT2D eigenvalue weighted by Gasteiger charge is 2.08. The largest absolute Gasteiger partial charge is 0.340 e. The molecule has 0 unspecified atom stereocenters. The van der Waals surface area contributed by atoms with Crippen molar-refractivity contribution in [1.29, 1.82) is 0 Å². The van der Waals surface area contributed by atoms with Gasteiger partial charge in [0.1, 0.15) is 5.82 Å². The third-order valence-corrected chi connectivity index (χ3v) is 4.39. The molecule has 3 aromatic carbocycles. The Morgan fingerprint density at radius 3 is 2.38 bits per heavy atom. The van der Waals surface area contributed by atoms with Gasteiger partial charge in [-0.05, 0) is 43.3 Å². The second kappa shape index (κ2) is 8.35. The van der Waals surface area contributed by atoms with Crippen LogP contribution in [0.5, 0.6) is 0 Å².